The van der Waals surface area contributed by atoms with Crippen molar-refractivity contribution in [3.05, 3.63) is 94.5 Å². The average molecular weight is 506 g/mol. The normalized spacial score (nSPS) is 13.6. The number of benzene rings is 3. The molecule has 1 saturated heterocycles. The van der Waals surface area contributed by atoms with Crippen molar-refractivity contribution in [1.82, 2.24) is 5.32 Å². The van der Waals surface area contributed by atoms with Crippen molar-refractivity contribution in [2.75, 3.05) is 22.0 Å². The van der Waals surface area contributed by atoms with Crippen LogP contribution in [0.3, 0.4) is 0 Å². The highest BCUT2D eigenvalue weighted by atomic mass is 32.2. The highest BCUT2D eigenvalue weighted by molar-refractivity contribution is 7.92. The molecule has 0 spiro atoms. The maximum absolute atomic E-state index is 12.7. The molecule has 3 aromatic carbocycles. The summed E-state index contributed by atoms with van der Waals surface area (Å²) in [5.74, 6) is -0.0954. The van der Waals surface area contributed by atoms with Crippen LogP contribution in [0, 0.1) is 13.8 Å². The van der Waals surface area contributed by atoms with Gasteiger partial charge in [-0.05, 0) is 72.9 Å². The minimum absolute atomic E-state index is 0.128. The molecule has 36 heavy (non-hydrogen) atoms. The van der Waals surface area contributed by atoms with Gasteiger partial charge in [0.15, 0.2) is 0 Å². The van der Waals surface area contributed by atoms with Crippen LogP contribution in [0.5, 0.6) is 0 Å². The molecule has 1 N–H and O–H groups in total. The SMILES string of the molecule is Cc1ccc(C)c(N(Cc2ccc(C(=O)NCc3cccc(N4CCCC4=O)c3)cc2)S(C)(=O)=O)c1. The number of amides is 2. The molecular formula is C28H31N3O4S. The molecule has 8 heteroatoms. The smallest absolute Gasteiger partial charge is 0.251 e. The lowest BCUT2D eigenvalue weighted by Crippen LogP contribution is -2.30. The first-order valence-electron chi connectivity index (χ1n) is 11.9. The Hall–Kier alpha value is -3.65. The van der Waals surface area contributed by atoms with Gasteiger partial charge >= 0.3 is 0 Å². The fourth-order valence-electron chi connectivity index (χ4n) is 4.34. The van der Waals surface area contributed by atoms with Crippen LogP contribution >= 0.6 is 0 Å². The second kappa shape index (κ2) is 10.5. The summed E-state index contributed by atoms with van der Waals surface area (Å²) in [6.07, 6.45) is 2.64. The number of carbonyl (C=O) groups excluding carboxylic acids is 2. The van der Waals surface area contributed by atoms with Gasteiger partial charge in [0.25, 0.3) is 5.91 Å². The van der Waals surface area contributed by atoms with Crippen molar-refractivity contribution in [3.8, 4) is 0 Å². The van der Waals surface area contributed by atoms with E-state index in [-0.39, 0.29) is 18.4 Å². The zero-order chi connectivity index (χ0) is 25.9. The Labute approximate surface area is 212 Å². The van der Waals surface area contributed by atoms with E-state index >= 15 is 0 Å². The standard InChI is InChI=1S/C28H31N3O4S/c1-20-9-10-21(2)26(16-20)31(36(3,34)35)19-22-11-13-24(14-12-22)28(33)29-18-23-6-4-7-25(17-23)30-15-5-8-27(30)32/h4,6-7,9-14,16-17H,5,8,15,18-19H2,1-3H3,(H,29,33). The maximum atomic E-state index is 12.7. The van der Waals surface area contributed by atoms with Crippen molar-refractivity contribution in [1.29, 1.82) is 0 Å². The molecule has 4 rings (SSSR count). The van der Waals surface area contributed by atoms with Gasteiger partial charge in [-0.3, -0.25) is 13.9 Å². The van der Waals surface area contributed by atoms with E-state index in [1.807, 2.05) is 56.3 Å². The van der Waals surface area contributed by atoms with Gasteiger partial charge in [0.1, 0.15) is 0 Å². The van der Waals surface area contributed by atoms with E-state index < -0.39 is 10.0 Å². The van der Waals surface area contributed by atoms with E-state index in [0.29, 0.717) is 24.2 Å². The van der Waals surface area contributed by atoms with Crippen LogP contribution in [-0.4, -0.2) is 33.0 Å². The van der Waals surface area contributed by atoms with Crippen LogP contribution in [0.2, 0.25) is 0 Å². The first-order valence-corrected chi connectivity index (χ1v) is 13.8. The average Bonchev–Trinajstić information content (AvgIpc) is 3.28. The minimum atomic E-state index is -3.50. The summed E-state index contributed by atoms with van der Waals surface area (Å²) in [4.78, 5) is 26.5. The van der Waals surface area contributed by atoms with Crippen LogP contribution < -0.4 is 14.5 Å². The molecule has 1 aliphatic rings. The van der Waals surface area contributed by atoms with E-state index in [1.54, 1.807) is 29.2 Å². The van der Waals surface area contributed by atoms with Gasteiger partial charge in [-0.25, -0.2) is 8.42 Å². The second-order valence-corrected chi connectivity index (χ2v) is 11.2. The van der Waals surface area contributed by atoms with Crippen LogP contribution in [-0.2, 0) is 27.9 Å². The summed E-state index contributed by atoms with van der Waals surface area (Å²) in [6, 6.07) is 20.3. The highest BCUT2D eigenvalue weighted by Gasteiger charge is 2.22. The molecule has 0 aromatic heterocycles. The lowest BCUT2D eigenvalue weighted by molar-refractivity contribution is -0.117. The third-order valence-corrected chi connectivity index (χ3v) is 7.45. The van der Waals surface area contributed by atoms with Crippen LogP contribution in [0.1, 0.15) is 45.5 Å². The van der Waals surface area contributed by atoms with Crippen molar-refractivity contribution in [2.45, 2.75) is 39.8 Å². The van der Waals surface area contributed by atoms with Crippen molar-refractivity contribution in [3.63, 3.8) is 0 Å². The number of rotatable bonds is 8. The number of aryl methyl sites for hydroxylation is 2. The highest BCUT2D eigenvalue weighted by Crippen LogP contribution is 2.26. The largest absolute Gasteiger partial charge is 0.348 e. The van der Waals surface area contributed by atoms with Gasteiger partial charge in [0.2, 0.25) is 15.9 Å². The van der Waals surface area contributed by atoms with Crippen molar-refractivity contribution >= 4 is 33.2 Å². The molecule has 2 amide bonds. The molecule has 1 fully saturated rings. The Morgan fingerprint density at radius 2 is 1.75 bits per heavy atom. The molecule has 0 atom stereocenters. The van der Waals surface area contributed by atoms with Crippen LogP contribution in [0.4, 0.5) is 11.4 Å². The molecule has 0 bridgehead atoms. The first kappa shape index (κ1) is 25.4. The Bertz CT molecular complexity index is 1380. The quantitative estimate of drug-likeness (QED) is 0.494. The monoisotopic (exact) mass is 505 g/mol. The number of carbonyl (C=O) groups is 2. The van der Waals surface area contributed by atoms with Crippen LogP contribution in [0.15, 0.2) is 66.7 Å². The number of sulfonamides is 1. The summed E-state index contributed by atoms with van der Waals surface area (Å²) >= 11 is 0. The Morgan fingerprint density at radius 3 is 2.42 bits per heavy atom. The molecule has 0 aliphatic carbocycles. The molecule has 1 aliphatic heterocycles. The zero-order valence-corrected chi connectivity index (χ0v) is 21.6. The van der Waals surface area contributed by atoms with Gasteiger partial charge in [-0.15, -0.1) is 0 Å². The van der Waals surface area contributed by atoms with Gasteiger partial charge < -0.3 is 10.2 Å². The van der Waals surface area contributed by atoms with Gasteiger partial charge in [-0.1, -0.05) is 36.4 Å². The predicted molar refractivity (Wildman–Crippen MR) is 143 cm³/mol. The lowest BCUT2D eigenvalue weighted by atomic mass is 10.1. The topological polar surface area (TPSA) is 86.8 Å². The van der Waals surface area contributed by atoms with E-state index in [4.69, 9.17) is 0 Å². The van der Waals surface area contributed by atoms with Gasteiger partial charge in [0.05, 0.1) is 18.5 Å². The summed E-state index contributed by atoms with van der Waals surface area (Å²) in [7, 11) is -3.50. The molecule has 0 saturated carbocycles. The number of nitrogens with one attached hydrogen (secondary N) is 1. The maximum Gasteiger partial charge on any atom is 0.251 e. The first-order chi connectivity index (χ1) is 17.1. The molecule has 3 aromatic rings. The van der Waals surface area contributed by atoms with E-state index in [1.165, 1.54) is 10.6 Å². The van der Waals surface area contributed by atoms with Crippen LogP contribution in [0.25, 0.3) is 0 Å². The lowest BCUT2D eigenvalue weighted by Gasteiger charge is -2.25. The van der Waals surface area contributed by atoms with Gasteiger partial charge in [0, 0.05) is 30.8 Å². The fraction of sp³-hybridized carbons (Fsp3) is 0.286. The Morgan fingerprint density at radius 1 is 1.00 bits per heavy atom. The van der Waals surface area contributed by atoms with Crippen molar-refractivity contribution in [2.24, 2.45) is 0 Å². The summed E-state index contributed by atoms with van der Waals surface area (Å²) in [5.41, 5.74) is 5.54. The molecule has 0 radical (unpaired) electrons. The molecule has 188 valence electrons. The number of hydrogen-bond acceptors (Lipinski definition) is 4. The fourth-order valence-corrected chi connectivity index (χ4v) is 5.27. The predicted octanol–water partition coefficient (Wildman–Crippen LogP) is 4.33. The third-order valence-electron chi connectivity index (χ3n) is 6.32. The minimum Gasteiger partial charge on any atom is -0.348 e. The Kier molecular flexibility index (Phi) is 7.45. The number of nitrogens with zero attached hydrogens (tertiary/aromatic N) is 2. The van der Waals surface area contributed by atoms with E-state index in [2.05, 4.69) is 5.32 Å². The zero-order valence-electron chi connectivity index (χ0n) is 20.8. The second-order valence-electron chi connectivity index (χ2n) is 9.26. The number of anilines is 2. The van der Waals surface area contributed by atoms with E-state index in [0.717, 1.165) is 40.9 Å². The summed E-state index contributed by atoms with van der Waals surface area (Å²) in [6.45, 7) is 5.05. The molecule has 7 nitrogen and oxygen atoms in total. The summed E-state index contributed by atoms with van der Waals surface area (Å²) in [5, 5.41) is 2.92. The molecule has 0 unspecified atom stereocenters. The van der Waals surface area contributed by atoms with Gasteiger partial charge in [-0.2, -0.15) is 0 Å². The summed E-state index contributed by atoms with van der Waals surface area (Å²) < 4.78 is 26.5. The molecular weight excluding hydrogens is 474 g/mol. The molecule has 1 heterocycles. The third kappa shape index (κ3) is 5.94. The van der Waals surface area contributed by atoms with Crippen molar-refractivity contribution < 1.29 is 18.0 Å². The number of hydrogen-bond donors (Lipinski definition) is 1. The Balaban J connectivity index is 1.42. The van der Waals surface area contributed by atoms with E-state index in [9.17, 15) is 18.0 Å².